The molecule has 0 fully saturated rings. The third-order valence-corrected chi connectivity index (χ3v) is 5.28. The molecule has 0 saturated heterocycles. The number of hydrogen-bond donors (Lipinski definition) is 1. The van der Waals surface area contributed by atoms with Crippen LogP contribution in [0.15, 0.2) is 76.9 Å². The van der Waals surface area contributed by atoms with Gasteiger partial charge in [-0.1, -0.05) is 65.3 Å². The van der Waals surface area contributed by atoms with Crippen molar-refractivity contribution in [1.82, 2.24) is 0 Å². The van der Waals surface area contributed by atoms with Gasteiger partial charge < -0.3 is 19.3 Å². The third-order valence-electron chi connectivity index (χ3n) is 5.28. The molecule has 6 heteroatoms. The quantitative estimate of drug-likeness (QED) is 0.153. The highest BCUT2D eigenvalue weighted by molar-refractivity contribution is 5.14. The molecule has 0 radical (unpaired) electrons. The largest absolute Gasteiger partial charge is 0.475 e. The molecule has 0 spiro atoms. The lowest BCUT2D eigenvalue weighted by Gasteiger charge is -2.15. The number of rotatable bonds is 16. The van der Waals surface area contributed by atoms with E-state index in [-0.39, 0.29) is 18.7 Å². The van der Waals surface area contributed by atoms with Gasteiger partial charge in [-0.15, -0.1) is 0 Å². The van der Waals surface area contributed by atoms with Crippen molar-refractivity contribution in [1.29, 1.82) is 5.39 Å². The van der Waals surface area contributed by atoms with E-state index in [4.69, 9.17) is 14.2 Å². The maximum Gasteiger partial charge on any atom is 0.443 e. The van der Waals surface area contributed by atoms with Gasteiger partial charge in [-0.2, -0.15) is 0 Å². The first-order valence-corrected chi connectivity index (χ1v) is 11.8. The maximum absolute atomic E-state index is 9.79. The van der Waals surface area contributed by atoms with Gasteiger partial charge in [0.05, 0.1) is 39.5 Å². The Labute approximate surface area is 205 Å². The molecule has 34 heavy (non-hydrogen) atoms. The van der Waals surface area contributed by atoms with Crippen LogP contribution in [0.2, 0.25) is 0 Å². The van der Waals surface area contributed by atoms with Gasteiger partial charge >= 0.3 is 11.6 Å². The summed E-state index contributed by atoms with van der Waals surface area (Å²) in [5.41, 5.74) is 5.11. The van der Waals surface area contributed by atoms with Crippen molar-refractivity contribution >= 4 is 0 Å². The fraction of sp³-hybridized carbons (Fsp3) is 0.500. The zero-order chi connectivity index (χ0) is 25.2. The van der Waals surface area contributed by atoms with Crippen LogP contribution in [0.3, 0.4) is 0 Å². The van der Waals surface area contributed by atoms with E-state index in [1.54, 1.807) is 0 Å². The van der Waals surface area contributed by atoms with Gasteiger partial charge in [0.2, 0.25) is 5.39 Å². The highest BCUT2D eigenvalue weighted by Gasteiger charge is 2.26. The highest BCUT2D eigenvalue weighted by Crippen LogP contribution is 2.16. The fourth-order valence-electron chi connectivity index (χ4n) is 3.22. The summed E-state index contributed by atoms with van der Waals surface area (Å²) in [5, 5.41) is 19.0. The molecule has 186 valence electrons. The van der Waals surface area contributed by atoms with E-state index < -0.39 is 12.0 Å². The number of allylic oxidation sites excluding steroid dienone is 5. The molecule has 1 N–H and O–H groups in total. The number of diazo groups is 1. The molecule has 1 rings (SSSR count). The van der Waals surface area contributed by atoms with E-state index in [0.717, 1.165) is 31.2 Å². The van der Waals surface area contributed by atoms with E-state index in [1.807, 2.05) is 30.3 Å². The van der Waals surface area contributed by atoms with Crippen LogP contribution in [0.5, 0.6) is 0 Å². The Balaban J connectivity index is 2.58. The van der Waals surface area contributed by atoms with Crippen LogP contribution < -0.4 is 0 Å². The molecule has 0 aliphatic rings. The molecule has 6 nitrogen and oxygen atoms in total. The molecule has 1 aromatic rings. The van der Waals surface area contributed by atoms with E-state index in [0.29, 0.717) is 13.2 Å². The molecular weight excluding hydrogens is 428 g/mol. The summed E-state index contributed by atoms with van der Waals surface area (Å²) in [6.07, 6.45) is 10.6. The Morgan fingerprint density at radius 1 is 1.00 bits per heavy atom. The third kappa shape index (κ3) is 13.6. The second-order valence-corrected chi connectivity index (χ2v) is 8.68. The topological polar surface area (TPSA) is 76.1 Å². The number of benzene rings is 1. The molecule has 0 aromatic heterocycles. The summed E-state index contributed by atoms with van der Waals surface area (Å²) in [4.78, 5) is 3.14. The summed E-state index contributed by atoms with van der Waals surface area (Å²) >= 11 is 0. The van der Waals surface area contributed by atoms with Crippen LogP contribution >= 0.6 is 0 Å². The highest BCUT2D eigenvalue weighted by atomic mass is 16.6. The van der Waals surface area contributed by atoms with Crippen molar-refractivity contribution in [3.05, 3.63) is 87.5 Å². The van der Waals surface area contributed by atoms with Crippen molar-refractivity contribution < 1.29 is 19.3 Å². The molecule has 0 unspecified atom stereocenters. The molecule has 1 atom stereocenters. The average Bonchev–Trinajstić information content (AvgIpc) is 2.82. The first kappa shape index (κ1) is 29.2. The van der Waals surface area contributed by atoms with E-state index in [1.165, 1.54) is 23.8 Å². The summed E-state index contributed by atoms with van der Waals surface area (Å²) in [6.45, 7) is 9.68. The Bertz CT molecular complexity index is 875. The van der Waals surface area contributed by atoms with Crippen molar-refractivity contribution in [3.8, 4) is 0 Å². The molecule has 0 saturated carbocycles. The number of hydrogen-bond acceptors (Lipinski definition) is 5. The van der Waals surface area contributed by atoms with Gasteiger partial charge in [-0.05, 0) is 58.9 Å². The Kier molecular flexibility index (Phi) is 15.1. The van der Waals surface area contributed by atoms with E-state index in [2.05, 4.69) is 50.9 Å². The minimum atomic E-state index is -0.433. The van der Waals surface area contributed by atoms with E-state index >= 15 is 0 Å². The minimum absolute atomic E-state index is 0.0187. The minimum Gasteiger partial charge on any atom is -0.475 e. The van der Waals surface area contributed by atoms with Gasteiger partial charge in [-0.25, -0.2) is 0 Å². The number of aliphatic hydroxyl groups is 1. The van der Waals surface area contributed by atoms with Gasteiger partial charge in [0, 0.05) is 0 Å². The Morgan fingerprint density at radius 3 is 2.26 bits per heavy atom. The first-order chi connectivity index (χ1) is 16.3. The van der Waals surface area contributed by atoms with Crippen molar-refractivity contribution in [2.75, 3.05) is 20.3 Å². The smallest absolute Gasteiger partial charge is 0.443 e. The predicted molar refractivity (Wildman–Crippen MR) is 138 cm³/mol. The Hall–Kier alpha value is -2.88. The molecule has 0 amide bonds. The zero-order valence-electron chi connectivity index (χ0n) is 21.4. The number of nitrogens with zero attached hydrogens (tertiary/aromatic N) is 2. The van der Waals surface area contributed by atoms with Crippen molar-refractivity contribution in [3.63, 3.8) is 0 Å². The monoisotopic (exact) mass is 469 g/mol. The van der Waals surface area contributed by atoms with Gasteiger partial charge in [-0.3, -0.25) is 0 Å². The molecule has 0 aliphatic carbocycles. The number of aliphatic hydroxyl groups excluding tert-OH is 1. The molecule has 0 aliphatic heterocycles. The summed E-state index contributed by atoms with van der Waals surface area (Å²) < 4.78 is 16.6. The molecule has 1 aromatic carbocycles. The second kappa shape index (κ2) is 17.6. The van der Waals surface area contributed by atoms with Crippen LogP contribution in [-0.4, -0.2) is 31.5 Å². The van der Waals surface area contributed by atoms with Crippen LogP contribution in [0, 0.1) is 5.39 Å². The normalized spacial score (nSPS) is 13.6. The zero-order valence-corrected chi connectivity index (χ0v) is 21.4. The van der Waals surface area contributed by atoms with Gasteiger partial charge in [0.25, 0.3) is 0 Å². The molecule has 0 heterocycles. The van der Waals surface area contributed by atoms with Crippen LogP contribution in [-0.2, 0) is 20.8 Å². The van der Waals surface area contributed by atoms with Crippen LogP contribution in [0.1, 0.15) is 65.4 Å². The standard InChI is InChI=1S/C28H40N2O4/c1-22(2)11-9-12-23(3)13-10-14-24(4)17-18-34-26(19-27(30-29)28(31)32-5)21-33-20-25-15-7-6-8-16-25/h6-8,11,13,15-17,26H,9-10,12,14,18-21H2,1-5H3/p+1/b23-13+,24-17+,28-27+/t26-/m1/s1. The first-order valence-electron chi connectivity index (χ1n) is 11.8. The van der Waals surface area contributed by atoms with Crippen LogP contribution in [0.25, 0.3) is 4.98 Å². The lowest BCUT2D eigenvalue weighted by Crippen LogP contribution is -2.21. The Morgan fingerprint density at radius 2 is 1.65 bits per heavy atom. The lowest BCUT2D eigenvalue weighted by molar-refractivity contribution is -0.0120. The number of methoxy groups -OCH3 is 1. The fourth-order valence-corrected chi connectivity index (χ4v) is 3.22. The number of ether oxygens (including phenoxy) is 3. The molecular formula is C28H41N2O4+. The van der Waals surface area contributed by atoms with Crippen molar-refractivity contribution in [2.24, 2.45) is 0 Å². The predicted octanol–water partition coefficient (Wildman–Crippen LogP) is 7.62. The van der Waals surface area contributed by atoms with Gasteiger partial charge in [0.15, 0.2) is 4.98 Å². The SMILES string of the molecule is CO/C(O)=C(\C[C@H](COCc1ccccc1)OC/C=C(\C)CC/C=C(\C)CCC=C(C)C)[N+]#N. The summed E-state index contributed by atoms with van der Waals surface area (Å²) in [5.74, 6) is -0.433. The van der Waals surface area contributed by atoms with E-state index in [9.17, 15) is 10.5 Å². The maximum atomic E-state index is 9.79. The van der Waals surface area contributed by atoms with Crippen molar-refractivity contribution in [2.45, 2.75) is 72.5 Å². The summed E-state index contributed by atoms with van der Waals surface area (Å²) in [6, 6.07) is 9.86. The van der Waals surface area contributed by atoms with Crippen LogP contribution in [0.4, 0.5) is 0 Å². The lowest BCUT2D eigenvalue weighted by atomic mass is 10.1. The van der Waals surface area contributed by atoms with Gasteiger partial charge in [0.1, 0.15) is 0 Å². The summed E-state index contributed by atoms with van der Waals surface area (Å²) in [7, 11) is 1.31. The molecule has 0 bridgehead atoms. The average molecular weight is 470 g/mol. The second-order valence-electron chi connectivity index (χ2n) is 8.68.